The summed E-state index contributed by atoms with van der Waals surface area (Å²) in [4.78, 5) is 24.0. The van der Waals surface area contributed by atoms with Crippen molar-refractivity contribution < 1.29 is 18.9 Å². The Labute approximate surface area is 179 Å². The Balaban J connectivity index is 2.68. The molecule has 0 aliphatic rings. The van der Waals surface area contributed by atoms with Crippen LogP contribution in [0.1, 0.15) is 59.7 Å². The van der Waals surface area contributed by atoms with Crippen molar-refractivity contribution in [2.75, 3.05) is 0 Å². The molecule has 0 saturated carbocycles. The molecule has 0 radical (unpaired) electrons. The van der Waals surface area contributed by atoms with Gasteiger partial charge in [-0.15, -0.1) is 0 Å². The lowest BCUT2D eigenvalue weighted by molar-refractivity contribution is -0.384. The Morgan fingerprint density at radius 3 is 2.23 bits per heavy atom. The molecule has 0 unspecified atom stereocenters. The minimum absolute atomic E-state index is 0.0138. The summed E-state index contributed by atoms with van der Waals surface area (Å²) in [5.74, 6) is 0. The van der Waals surface area contributed by atoms with Crippen LogP contribution in [0, 0.1) is 10.1 Å². The molecular formula is C22H34N2O5Si. The van der Waals surface area contributed by atoms with Crippen LogP contribution in [0.5, 0.6) is 0 Å². The highest BCUT2D eigenvalue weighted by molar-refractivity contribution is 6.74. The SMILES string of the molecule is CCc1c(CO[Si](C)(C)C(C)(C)C)c2cc([N+](=O)[O-])ccc2n1C(=O)OC(C)(C)C. The lowest BCUT2D eigenvalue weighted by atomic mass is 10.1. The van der Waals surface area contributed by atoms with Gasteiger partial charge < -0.3 is 9.16 Å². The highest BCUT2D eigenvalue weighted by Gasteiger charge is 2.38. The summed E-state index contributed by atoms with van der Waals surface area (Å²) in [6, 6.07) is 4.56. The Hall–Kier alpha value is -2.19. The summed E-state index contributed by atoms with van der Waals surface area (Å²) in [5.41, 5.74) is 1.50. The molecule has 0 amide bonds. The topological polar surface area (TPSA) is 83.6 Å². The van der Waals surface area contributed by atoms with Gasteiger partial charge in [0.2, 0.25) is 0 Å². The van der Waals surface area contributed by atoms with Gasteiger partial charge in [-0.1, -0.05) is 27.7 Å². The van der Waals surface area contributed by atoms with E-state index in [1.54, 1.807) is 6.07 Å². The maximum Gasteiger partial charge on any atom is 0.419 e. The average molecular weight is 435 g/mol. The molecule has 0 fully saturated rings. The third-order valence-corrected chi connectivity index (χ3v) is 10.1. The van der Waals surface area contributed by atoms with Gasteiger partial charge >= 0.3 is 6.09 Å². The number of rotatable bonds is 5. The Bertz CT molecular complexity index is 965. The summed E-state index contributed by atoms with van der Waals surface area (Å²) in [6.07, 6.45) is 0.0783. The van der Waals surface area contributed by atoms with Gasteiger partial charge in [0, 0.05) is 28.8 Å². The van der Waals surface area contributed by atoms with E-state index in [9.17, 15) is 14.9 Å². The van der Waals surface area contributed by atoms with Crippen molar-refractivity contribution in [1.29, 1.82) is 0 Å². The molecular weight excluding hydrogens is 400 g/mol. The smallest absolute Gasteiger partial charge is 0.419 e. The third-order valence-electron chi connectivity index (χ3n) is 5.67. The maximum absolute atomic E-state index is 13.0. The number of nitro benzene ring substituents is 1. The molecule has 1 aromatic heterocycles. The fraction of sp³-hybridized carbons (Fsp3) is 0.591. The summed E-state index contributed by atoms with van der Waals surface area (Å²) in [5, 5.41) is 12.1. The number of benzene rings is 1. The zero-order valence-electron chi connectivity index (χ0n) is 19.6. The van der Waals surface area contributed by atoms with Gasteiger partial charge in [-0.2, -0.15) is 0 Å². The van der Waals surface area contributed by atoms with Gasteiger partial charge in [0.25, 0.3) is 5.69 Å². The van der Waals surface area contributed by atoms with E-state index in [1.807, 2.05) is 27.7 Å². The minimum atomic E-state index is -2.06. The summed E-state index contributed by atoms with van der Waals surface area (Å²) < 4.78 is 13.6. The second-order valence-electron chi connectivity index (χ2n) is 10.1. The van der Waals surface area contributed by atoms with E-state index in [4.69, 9.17) is 9.16 Å². The number of hydrogen-bond acceptors (Lipinski definition) is 5. The van der Waals surface area contributed by atoms with Crippen molar-refractivity contribution in [1.82, 2.24) is 4.57 Å². The molecule has 0 N–H and O–H groups in total. The van der Waals surface area contributed by atoms with Gasteiger partial charge in [0.05, 0.1) is 17.0 Å². The predicted octanol–water partition coefficient (Wildman–Crippen LogP) is 6.42. The first kappa shape index (κ1) is 24.1. The molecule has 0 aliphatic heterocycles. The number of nitrogens with zero attached hydrogens (tertiary/aromatic N) is 2. The van der Waals surface area contributed by atoms with E-state index in [2.05, 4.69) is 33.9 Å². The van der Waals surface area contributed by atoms with Crippen LogP contribution in [0.15, 0.2) is 18.2 Å². The van der Waals surface area contributed by atoms with Crippen molar-refractivity contribution in [3.8, 4) is 0 Å². The monoisotopic (exact) mass is 434 g/mol. The van der Waals surface area contributed by atoms with Crippen molar-refractivity contribution >= 4 is 31.0 Å². The normalized spacial score (nSPS) is 13.0. The largest absolute Gasteiger partial charge is 0.443 e. The van der Waals surface area contributed by atoms with Crippen LogP contribution < -0.4 is 0 Å². The van der Waals surface area contributed by atoms with Crippen LogP contribution in [0.3, 0.4) is 0 Å². The Morgan fingerprint density at radius 1 is 1.17 bits per heavy atom. The van der Waals surface area contributed by atoms with E-state index in [0.717, 1.165) is 11.3 Å². The van der Waals surface area contributed by atoms with E-state index < -0.39 is 24.9 Å². The maximum atomic E-state index is 13.0. The van der Waals surface area contributed by atoms with E-state index in [0.29, 0.717) is 23.9 Å². The fourth-order valence-electron chi connectivity index (χ4n) is 3.03. The molecule has 166 valence electrons. The second kappa shape index (κ2) is 8.15. The first-order valence-electron chi connectivity index (χ1n) is 10.3. The number of non-ortho nitro benzene ring substituents is 1. The van der Waals surface area contributed by atoms with Crippen LogP contribution in [-0.2, 0) is 22.2 Å². The van der Waals surface area contributed by atoms with E-state index >= 15 is 0 Å². The van der Waals surface area contributed by atoms with Gasteiger partial charge in [0.1, 0.15) is 5.60 Å². The summed E-state index contributed by atoms with van der Waals surface area (Å²) in [7, 11) is -2.06. The van der Waals surface area contributed by atoms with Crippen LogP contribution in [-0.4, -0.2) is 29.5 Å². The molecule has 0 atom stereocenters. The molecule has 30 heavy (non-hydrogen) atoms. The summed E-state index contributed by atoms with van der Waals surface area (Å²) in [6.45, 7) is 18.5. The van der Waals surface area contributed by atoms with Gasteiger partial charge in [-0.05, 0) is 51.4 Å². The molecule has 0 spiro atoms. The van der Waals surface area contributed by atoms with Crippen molar-refractivity contribution in [2.24, 2.45) is 0 Å². The number of carbonyl (C=O) groups excluding carboxylic acids is 1. The van der Waals surface area contributed by atoms with E-state index in [1.165, 1.54) is 16.7 Å². The highest BCUT2D eigenvalue weighted by Crippen LogP contribution is 2.38. The Morgan fingerprint density at radius 2 is 1.77 bits per heavy atom. The van der Waals surface area contributed by atoms with E-state index in [-0.39, 0.29) is 10.7 Å². The van der Waals surface area contributed by atoms with Crippen LogP contribution in [0.25, 0.3) is 10.9 Å². The first-order valence-corrected chi connectivity index (χ1v) is 13.2. The lowest BCUT2D eigenvalue weighted by Crippen LogP contribution is -2.40. The molecule has 0 saturated heterocycles. The molecule has 7 nitrogen and oxygen atoms in total. The van der Waals surface area contributed by atoms with Gasteiger partial charge in [0.15, 0.2) is 8.32 Å². The van der Waals surface area contributed by atoms with Gasteiger partial charge in [-0.3, -0.25) is 10.1 Å². The van der Waals surface area contributed by atoms with Crippen molar-refractivity contribution in [3.05, 3.63) is 39.6 Å². The average Bonchev–Trinajstić information content (AvgIpc) is 2.90. The molecule has 0 bridgehead atoms. The molecule has 2 aromatic rings. The fourth-order valence-corrected chi connectivity index (χ4v) is 3.97. The molecule has 1 aromatic carbocycles. The first-order chi connectivity index (χ1) is 13.6. The zero-order valence-corrected chi connectivity index (χ0v) is 20.6. The third kappa shape index (κ3) is 4.92. The molecule has 2 rings (SSSR count). The summed E-state index contributed by atoms with van der Waals surface area (Å²) >= 11 is 0. The minimum Gasteiger partial charge on any atom is -0.443 e. The standard InChI is InChI=1S/C22H34N2O5Si/c1-10-18-17(14-28-30(8,9)22(5,6)7)16-13-15(24(26)27)11-12-19(16)23(18)20(25)29-21(2,3)4/h11-13H,10,14H2,1-9H3. The van der Waals surface area contributed by atoms with Crippen LogP contribution in [0.4, 0.5) is 10.5 Å². The Kier molecular flexibility index (Phi) is 6.54. The predicted molar refractivity (Wildman–Crippen MR) is 122 cm³/mol. The molecule has 0 aliphatic carbocycles. The number of nitro groups is 1. The van der Waals surface area contributed by atoms with Crippen molar-refractivity contribution in [3.63, 3.8) is 0 Å². The number of hydrogen-bond donors (Lipinski definition) is 0. The molecule has 8 heteroatoms. The van der Waals surface area contributed by atoms with Crippen LogP contribution in [0.2, 0.25) is 18.1 Å². The highest BCUT2D eigenvalue weighted by atomic mass is 28.4. The number of fused-ring (bicyclic) bond motifs is 1. The molecule has 1 heterocycles. The second-order valence-corrected chi connectivity index (χ2v) is 14.9. The number of carbonyl (C=O) groups is 1. The number of aromatic nitrogens is 1. The van der Waals surface area contributed by atoms with Crippen LogP contribution >= 0.6 is 0 Å². The number of ether oxygens (including phenoxy) is 1. The van der Waals surface area contributed by atoms with Crippen molar-refractivity contribution in [2.45, 2.75) is 85.2 Å². The quantitative estimate of drug-likeness (QED) is 0.308. The zero-order chi connectivity index (χ0) is 23.1. The van der Waals surface area contributed by atoms with Gasteiger partial charge in [-0.25, -0.2) is 9.36 Å². The lowest BCUT2D eigenvalue weighted by Gasteiger charge is -2.36.